The predicted molar refractivity (Wildman–Crippen MR) is 68.6 cm³/mol. The molecule has 0 aromatic rings. The van der Waals surface area contributed by atoms with E-state index in [2.05, 4.69) is 12.2 Å². The summed E-state index contributed by atoms with van der Waals surface area (Å²) in [6, 6.07) is 0. The van der Waals surface area contributed by atoms with Gasteiger partial charge in [0.1, 0.15) is 0 Å². The maximum atomic E-state index is 11.9. The minimum atomic E-state index is -0.0869. The van der Waals surface area contributed by atoms with Gasteiger partial charge in [-0.1, -0.05) is 12.2 Å². The highest BCUT2D eigenvalue weighted by atomic mass is 16.2. The summed E-state index contributed by atoms with van der Waals surface area (Å²) in [7, 11) is 0. The van der Waals surface area contributed by atoms with Crippen molar-refractivity contribution in [3.63, 3.8) is 0 Å². The lowest BCUT2D eigenvalue weighted by Gasteiger charge is -2.21. The fourth-order valence-corrected chi connectivity index (χ4v) is 3.54. The molecule has 0 spiro atoms. The molecule has 0 saturated heterocycles. The van der Waals surface area contributed by atoms with Gasteiger partial charge >= 0.3 is 0 Å². The highest BCUT2D eigenvalue weighted by Crippen LogP contribution is 2.45. The number of fused-ring (bicyclic) bond motifs is 2. The molecule has 18 heavy (non-hydrogen) atoms. The molecule has 2 aliphatic carbocycles. The van der Waals surface area contributed by atoms with Crippen molar-refractivity contribution in [1.82, 2.24) is 4.90 Å². The first-order valence-corrected chi connectivity index (χ1v) is 6.80. The van der Waals surface area contributed by atoms with Crippen molar-refractivity contribution in [2.24, 2.45) is 17.8 Å². The molecule has 2 bridgehead atoms. The van der Waals surface area contributed by atoms with Crippen molar-refractivity contribution in [3.05, 3.63) is 23.3 Å². The first kappa shape index (κ1) is 11.7. The van der Waals surface area contributed by atoms with E-state index in [0.717, 1.165) is 12.3 Å². The highest BCUT2D eigenvalue weighted by molar-refractivity contribution is 6.18. The summed E-state index contributed by atoms with van der Waals surface area (Å²) >= 11 is 0. The van der Waals surface area contributed by atoms with Gasteiger partial charge in [-0.25, -0.2) is 0 Å². The molecule has 1 fully saturated rings. The lowest BCUT2D eigenvalue weighted by Crippen LogP contribution is -2.33. The minimum absolute atomic E-state index is 0.0869. The van der Waals surface area contributed by atoms with E-state index in [-0.39, 0.29) is 11.8 Å². The van der Waals surface area contributed by atoms with Crippen LogP contribution in [0.1, 0.15) is 33.1 Å². The molecule has 2 amide bonds. The first-order chi connectivity index (χ1) is 8.58. The Hall–Kier alpha value is -1.38. The number of allylic oxidation sites excluding steroid dienone is 2. The molecule has 1 saturated carbocycles. The van der Waals surface area contributed by atoms with Crippen molar-refractivity contribution in [3.8, 4) is 0 Å². The summed E-state index contributed by atoms with van der Waals surface area (Å²) < 4.78 is 0. The summed E-state index contributed by atoms with van der Waals surface area (Å²) in [4.78, 5) is 25.3. The summed E-state index contributed by atoms with van der Waals surface area (Å²) in [6.45, 7) is 4.08. The summed E-state index contributed by atoms with van der Waals surface area (Å²) in [6.07, 6.45) is 8.12. The molecule has 1 heterocycles. The zero-order chi connectivity index (χ0) is 12.9. The van der Waals surface area contributed by atoms with Crippen LogP contribution in [-0.2, 0) is 9.59 Å². The van der Waals surface area contributed by atoms with E-state index in [1.54, 1.807) is 13.8 Å². The van der Waals surface area contributed by atoms with E-state index in [0.29, 0.717) is 29.5 Å². The second kappa shape index (κ2) is 4.08. The van der Waals surface area contributed by atoms with Gasteiger partial charge in [0.25, 0.3) is 11.8 Å². The molecule has 96 valence electrons. The zero-order valence-electron chi connectivity index (χ0n) is 11.0. The number of rotatable bonds is 3. The fraction of sp³-hybridized carbons (Fsp3) is 0.600. The average Bonchev–Trinajstić information content (AvgIpc) is 3.02. The maximum Gasteiger partial charge on any atom is 0.256 e. The van der Waals surface area contributed by atoms with Crippen LogP contribution in [0.15, 0.2) is 23.3 Å². The van der Waals surface area contributed by atoms with Crippen LogP contribution in [0.25, 0.3) is 0 Å². The van der Waals surface area contributed by atoms with Crippen LogP contribution in [0.3, 0.4) is 0 Å². The molecular formula is C15H19NO2. The Morgan fingerprint density at radius 1 is 1.11 bits per heavy atom. The van der Waals surface area contributed by atoms with Crippen molar-refractivity contribution in [2.45, 2.75) is 33.1 Å². The SMILES string of the molecule is CC1=C(C)C(=O)N(CC[C@H]2CC3C=CC2C3)C1=O. The van der Waals surface area contributed by atoms with Gasteiger partial charge in [0.2, 0.25) is 0 Å². The van der Waals surface area contributed by atoms with Crippen molar-refractivity contribution < 1.29 is 9.59 Å². The Kier molecular flexibility index (Phi) is 2.65. The Balaban J connectivity index is 1.61. The molecule has 0 aromatic heterocycles. The first-order valence-electron chi connectivity index (χ1n) is 6.80. The van der Waals surface area contributed by atoms with Crippen LogP contribution < -0.4 is 0 Å². The summed E-state index contributed by atoms with van der Waals surface area (Å²) in [5, 5.41) is 0. The van der Waals surface area contributed by atoms with Gasteiger partial charge in [-0.3, -0.25) is 14.5 Å². The van der Waals surface area contributed by atoms with Gasteiger partial charge in [-0.15, -0.1) is 0 Å². The largest absolute Gasteiger partial charge is 0.275 e. The van der Waals surface area contributed by atoms with Crippen LogP contribution in [0.2, 0.25) is 0 Å². The van der Waals surface area contributed by atoms with Gasteiger partial charge in [0.05, 0.1) is 0 Å². The second-order valence-corrected chi connectivity index (χ2v) is 5.84. The van der Waals surface area contributed by atoms with Crippen LogP contribution in [-0.4, -0.2) is 23.3 Å². The number of hydrogen-bond donors (Lipinski definition) is 0. The van der Waals surface area contributed by atoms with Crippen molar-refractivity contribution >= 4 is 11.8 Å². The third kappa shape index (κ3) is 1.64. The van der Waals surface area contributed by atoms with Gasteiger partial charge in [0.15, 0.2) is 0 Å². The lowest BCUT2D eigenvalue weighted by molar-refractivity contribution is -0.137. The van der Waals surface area contributed by atoms with E-state index >= 15 is 0 Å². The van der Waals surface area contributed by atoms with Gasteiger partial charge in [-0.2, -0.15) is 0 Å². The van der Waals surface area contributed by atoms with E-state index < -0.39 is 0 Å². The topological polar surface area (TPSA) is 37.4 Å². The molecule has 3 aliphatic rings. The van der Waals surface area contributed by atoms with Crippen molar-refractivity contribution in [1.29, 1.82) is 0 Å². The number of hydrogen-bond acceptors (Lipinski definition) is 2. The zero-order valence-corrected chi connectivity index (χ0v) is 11.0. The second-order valence-electron chi connectivity index (χ2n) is 5.84. The van der Waals surface area contributed by atoms with Gasteiger partial charge in [-0.05, 0) is 50.9 Å². The monoisotopic (exact) mass is 245 g/mol. The smallest absolute Gasteiger partial charge is 0.256 e. The standard InChI is InChI=1S/C15H19NO2/c1-9-10(2)15(18)16(14(9)17)6-5-13-8-11-3-4-12(13)7-11/h3-4,11-13H,5-8H2,1-2H3/t11?,12?,13-/m0/s1. The summed E-state index contributed by atoms with van der Waals surface area (Å²) in [5.74, 6) is 1.94. The molecule has 3 atom stereocenters. The Labute approximate surface area is 108 Å². The van der Waals surface area contributed by atoms with Gasteiger partial charge in [0, 0.05) is 17.7 Å². The lowest BCUT2D eigenvalue weighted by atomic mass is 9.90. The van der Waals surface area contributed by atoms with Crippen LogP contribution >= 0.6 is 0 Å². The minimum Gasteiger partial charge on any atom is -0.275 e. The van der Waals surface area contributed by atoms with Crippen molar-refractivity contribution in [2.75, 3.05) is 6.54 Å². The maximum absolute atomic E-state index is 11.9. The van der Waals surface area contributed by atoms with Crippen LogP contribution in [0, 0.1) is 17.8 Å². The Morgan fingerprint density at radius 2 is 1.78 bits per heavy atom. The number of carbonyl (C=O) groups is 2. The molecule has 1 aliphatic heterocycles. The average molecular weight is 245 g/mol. The summed E-state index contributed by atoms with van der Waals surface area (Å²) in [5.41, 5.74) is 1.24. The Bertz CT molecular complexity index is 451. The van der Waals surface area contributed by atoms with E-state index in [9.17, 15) is 9.59 Å². The molecule has 3 heteroatoms. The molecular weight excluding hydrogens is 226 g/mol. The highest BCUT2D eigenvalue weighted by Gasteiger charge is 2.38. The number of imide groups is 1. The van der Waals surface area contributed by atoms with E-state index in [4.69, 9.17) is 0 Å². The quantitative estimate of drug-likeness (QED) is 0.565. The molecule has 0 N–H and O–H groups in total. The Morgan fingerprint density at radius 3 is 2.28 bits per heavy atom. The molecule has 0 radical (unpaired) electrons. The molecule has 0 aromatic carbocycles. The number of amides is 2. The molecule has 2 unspecified atom stereocenters. The van der Waals surface area contributed by atoms with E-state index in [1.807, 2.05) is 0 Å². The normalized spacial score (nSPS) is 34.3. The fourth-order valence-electron chi connectivity index (χ4n) is 3.54. The molecule has 3 nitrogen and oxygen atoms in total. The van der Waals surface area contributed by atoms with Crippen LogP contribution in [0.4, 0.5) is 0 Å². The number of nitrogens with zero attached hydrogens (tertiary/aromatic N) is 1. The van der Waals surface area contributed by atoms with Crippen LogP contribution in [0.5, 0.6) is 0 Å². The third-order valence-corrected chi connectivity index (χ3v) is 4.83. The third-order valence-electron chi connectivity index (χ3n) is 4.83. The van der Waals surface area contributed by atoms with E-state index in [1.165, 1.54) is 17.7 Å². The molecule has 3 rings (SSSR count). The number of carbonyl (C=O) groups excluding carboxylic acids is 2. The predicted octanol–water partition coefficient (Wildman–Crippen LogP) is 2.29. The van der Waals surface area contributed by atoms with Gasteiger partial charge < -0.3 is 0 Å².